The molecule has 0 spiro atoms. The number of benzene rings is 1. The topological polar surface area (TPSA) is 77.2 Å². The molecule has 0 atom stereocenters. The molecular formula is C13H14BrN3O3. The van der Waals surface area contributed by atoms with Gasteiger partial charge in [0.05, 0.1) is 20.1 Å². The highest BCUT2D eigenvalue weighted by molar-refractivity contribution is 9.10. The summed E-state index contributed by atoms with van der Waals surface area (Å²) >= 11 is 3.41. The molecule has 0 unspecified atom stereocenters. The maximum absolute atomic E-state index is 11.9. The SMILES string of the molecule is COc1ccc(Br)c(CC(=O)NCc2noc(C)n2)c1. The van der Waals surface area contributed by atoms with Crippen LogP contribution in [0.1, 0.15) is 17.3 Å². The van der Waals surface area contributed by atoms with Crippen LogP contribution >= 0.6 is 15.9 Å². The van der Waals surface area contributed by atoms with Crippen LogP contribution in [0.25, 0.3) is 0 Å². The second-order valence-corrected chi connectivity index (χ2v) is 4.99. The number of hydrogen-bond acceptors (Lipinski definition) is 5. The molecule has 0 aliphatic carbocycles. The lowest BCUT2D eigenvalue weighted by Gasteiger charge is -2.07. The number of hydrogen-bond donors (Lipinski definition) is 1. The third-order valence-electron chi connectivity index (χ3n) is 2.62. The molecule has 0 radical (unpaired) electrons. The molecule has 0 aliphatic rings. The zero-order valence-corrected chi connectivity index (χ0v) is 12.7. The van der Waals surface area contributed by atoms with E-state index in [0.717, 1.165) is 10.0 Å². The van der Waals surface area contributed by atoms with Gasteiger partial charge in [0.1, 0.15) is 5.75 Å². The first-order valence-corrected chi connectivity index (χ1v) is 6.76. The summed E-state index contributed by atoms with van der Waals surface area (Å²) in [6.45, 7) is 1.95. The van der Waals surface area contributed by atoms with Crippen LogP contribution in [0, 0.1) is 6.92 Å². The van der Waals surface area contributed by atoms with Gasteiger partial charge < -0.3 is 14.6 Å². The average molecular weight is 340 g/mol. The van der Waals surface area contributed by atoms with Crippen LogP contribution in [0.4, 0.5) is 0 Å². The van der Waals surface area contributed by atoms with E-state index in [-0.39, 0.29) is 18.9 Å². The molecule has 0 saturated carbocycles. The molecule has 2 rings (SSSR count). The predicted molar refractivity (Wildman–Crippen MR) is 75.3 cm³/mol. The van der Waals surface area contributed by atoms with E-state index < -0.39 is 0 Å². The van der Waals surface area contributed by atoms with Crippen molar-refractivity contribution in [1.82, 2.24) is 15.5 Å². The summed E-state index contributed by atoms with van der Waals surface area (Å²) in [7, 11) is 1.59. The van der Waals surface area contributed by atoms with E-state index in [1.165, 1.54) is 0 Å². The number of aromatic nitrogens is 2. The highest BCUT2D eigenvalue weighted by Gasteiger charge is 2.09. The van der Waals surface area contributed by atoms with Crippen LogP contribution < -0.4 is 10.1 Å². The van der Waals surface area contributed by atoms with Crippen molar-refractivity contribution in [3.05, 3.63) is 40.0 Å². The van der Waals surface area contributed by atoms with E-state index >= 15 is 0 Å². The van der Waals surface area contributed by atoms with Gasteiger partial charge in [0.25, 0.3) is 0 Å². The van der Waals surface area contributed by atoms with Gasteiger partial charge >= 0.3 is 0 Å². The maximum Gasteiger partial charge on any atom is 0.224 e. The lowest BCUT2D eigenvalue weighted by Crippen LogP contribution is -2.25. The molecule has 0 fully saturated rings. The Morgan fingerprint density at radius 2 is 2.30 bits per heavy atom. The van der Waals surface area contributed by atoms with Gasteiger partial charge in [-0.25, -0.2) is 0 Å². The third kappa shape index (κ3) is 3.80. The van der Waals surface area contributed by atoms with Gasteiger partial charge in [0, 0.05) is 11.4 Å². The minimum Gasteiger partial charge on any atom is -0.497 e. The second kappa shape index (κ2) is 6.51. The minimum atomic E-state index is -0.124. The van der Waals surface area contributed by atoms with E-state index in [9.17, 15) is 4.79 Å². The summed E-state index contributed by atoms with van der Waals surface area (Å²) in [5.41, 5.74) is 0.853. The zero-order chi connectivity index (χ0) is 14.5. The number of nitrogens with zero attached hydrogens (tertiary/aromatic N) is 2. The molecule has 1 heterocycles. The first kappa shape index (κ1) is 14.5. The van der Waals surface area contributed by atoms with E-state index in [1.807, 2.05) is 18.2 Å². The van der Waals surface area contributed by atoms with Crippen LogP contribution in [-0.2, 0) is 17.8 Å². The number of amides is 1. The van der Waals surface area contributed by atoms with E-state index in [4.69, 9.17) is 9.26 Å². The third-order valence-corrected chi connectivity index (χ3v) is 3.39. The number of methoxy groups -OCH3 is 1. The Labute approximate surface area is 124 Å². The Balaban J connectivity index is 1.94. The van der Waals surface area contributed by atoms with Crippen molar-refractivity contribution < 1.29 is 14.1 Å². The molecule has 1 aromatic heterocycles. The van der Waals surface area contributed by atoms with Crippen LogP contribution in [0.15, 0.2) is 27.2 Å². The number of aryl methyl sites for hydroxylation is 1. The van der Waals surface area contributed by atoms with E-state index in [2.05, 4.69) is 31.4 Å². The summed E-state index contributed by atoms with van der Waals surface area (Å²) < 4.78 is 10.8. The number of ether oxygens (including phenoxy) is 1. The molecule has 2 aromatic rings. The number of rotatable bonds is 5. The molecule has 0 saturated heterocycles. The average Bonchev–Trinajstić information content (AvgIpc) is 2.85. The van der Waals surface area contributed by atoms with Gasteiger partial charge in [-0.05, 0) is 23.8 Å². The molecule has 7 heteroatoms. The first-order valence-electron chi connectivity index (χ1n) is 5.97. The fourth-order valence-electron chi connectivity index (χ4n) is 1.64. The van der Waals surface area contributed by atoms with E-state index in [0.29, 0.717) is 17.5 Å². The predicted octanol–water partition coefficient (Wildman–Crippen LogP) is 2.01. The monoisotopic (exact) mass is 339 g/mol. The number of carbonyl (C=O) groups is 1. The van der Waals surface area contributed by atoms with Gasteiger partial charge in [0.15, 0.2) is 5.82 Å². The Hall–Kier alpha value is -1.89. The van der Waals surface area contributed by atoms with Crippen molar-refractivity contribution in [1.29, 1.82) is 0 Å². The number of halogens is 1. The quantitative estimate of drug-likeness (QED) is 0.901. The van der Waals surface area contributed by atoms with Crippen molar-refractivity contribution in [3.8, 4) is 5.75 Å². The van der Waals surface area contributed by atoms with Gasteiger partial charge in [-0.3, -0.25) is 4.79 Å². The molecule has 1 aromatic carbocycles. The van der Waals surface area contributed by atoms with Crippen molar-refractivity contribution in [2.75, 3.05) is 7.11 Å². The fourth-order valence-corrected chi connectivity index (χ4v) is 2.03. The van der Waals surface area contributed by atoms with Gasteiger partial charge in [-0.15, -0.1) is 0 Å². The standard InChI is InChI=1S/C13H14BrN3O3/c1-8-16-12(17-20-8)7-15-13(18)6-9-5-10(19-2)3-4-11(9)14/h3-5H,6-7H2,1-2H3,(H,15,18). The summed E-state index contributed by atoms with van der Waals surface area (Å²) in [6.07, 6.45) is 0.245. The van der Waals surface area contributed by atoms with E-state index in [1.54, 1.807) is 14.0 Å². The van der Waals surface area contributed by atoms with Crippen LogP contribution in [-0.4, -0.2) is 23.2 Å². The highest BCUT2D eigenvalue weighted by atomic mass is 79.9. The first-order chi connectivity index (χ1) is 9.58. The van der Waals surface area contributed by atoms with Crippen LogP contribution in [0.3, 0.4) is 0 Å². The Kier molecular flexibility index (Phi) is 4.73. The molecule has 0 aliphatic heterocycles. The maximum atomic E-state index is 11.9. The van der Waals surface area contributed by atoms with Gasteiger partial charge in [-0.2, -0.15) is 4.98 Å². The minimum absolute atomic E-state index is 0.124. The molecule has 20 heavy (non-hydrogen) atoms. The van der Waals surface area contributed by atoms with Crippen LogP contribution in [0.2, 0.25) is 0 Å². The van der Waals surface area contributed by atoms with Crippen LogP contribution in [0.5, 0.6) is 5.75 Å². The Morgan fingerprint density at radius 1 is 1.50 bits per heavy atom. The number of nitrogens with one attached hydrogen (secondary N) is 1. The zero-order valence-electron chi connectivity index (χ0n) is 11.1. The lowest BCUT2D eigenvalue weighted by atomic mass is 10.1. The van der Waals surface area contributed by atoms with Gasteiger partial charge in [-0.1, -0.05) is 21.1 Å². The lowest BCUT2D eigenvalue weighted by molar-refractivity contribution is -0.120. The highest BCUT2D eigenvalue weighted by Crippen LogP contribution is 2.22. The van der Waals surface area contributed by atoms with Gasteiger partial charge in [0.2, 0.25) is 11.8 Å². The fraction of sp³-hybridized carbons (Fsp3) is 0.308. The smallest absolute Gasteiger partial charge is 0.224 e. The summed E-state index contributed by atoms with van der Waals surface area (Å²) in [5, 5.41) is 6.45. The molecule has 1 N–H and O–H groups in total. The largest absolute Gasteiger partial charge is 0.497 e. The van der Waals surface area contributed by atoms with Crippen molar-refractivity contribution in [2.45, 2.75) is 19.9 Å². The second-order valence-electron chi connectivity index (χ2n) is 4.14. The molecule has 1 amide bonds. The molecule has 106 valence electrons. The number of carbonyl (C=O) groups excluding carboxylic acids is 1. The molecular weight excluding hydrogens is 326 g/mol. The summed E-state index contributed by atoms with van der Waals surface area (Å²) in [4.78, 5) is 15.9. The van der Waals surface area contributed by atoms with Crippen molar-refractivity contribution in [3.63, 3.8) is 0 Å². The Bertz CT molecular complexity index is 613. The van der Waals surface area contributed by atoms with Crippen molar-refractivity contribution >= 4 is 21.8 Å². The molecule has 6 nitrogen and oxygen atoms in total. The van der Waals surface area contributed by atoms with Crippen molar-refractivity contribution in [2.24, 2.45) is 0 Å². The summed E-state index contributed by atoms with van der Waals surface area (Å²) in [6, 6.07) is 5.50. The molecule has 0 bridgehead atoms. The summed E-state index contributed by atoms with van der Waals surface area (Å²) in [5.74, 6) is 1.52. The normalized spacial score (nSPS) is 10.3. The Morgan fingerprint density at radius 3 is 2.95 bits per heavy atom.